The van der Waals surface area contributed by atoms with Crippen LogP contribution >= 0.6 is 0 Å². The van der Waals surface area contributed by atoms with Gasteiger partial charge in [-0.2, -0.15) is 0 Å². The molecule has 30 heavy (non-hydrogen) atoms. The highest BCUT2D eigenvalue weighted by atomic mass is 16.5. The van der Waals surface area contributed by atoms with Crippen molar-refractivity contribution in [1.82, 2.24) is 10.5 Å². The van der Waals surface area contributed by atoms with E-state index in [4.69, 9.17) is 9.26 Å². The molecule has 172 valence electrons. The average Bonchev–Trinajstić information content (AvgIpc) is 3.58. The van der Waals surface area contributed by atoms with Crippen LogP contribution < -0.4 is 10.1 Å². The first-order valence-corrected chi connectivity index (χ1v) is 12.6. The molecule has 0 radical (unpaired) electrons. The molecule has 4 heteroatoms. The first-order chi connectivity index (χ1) is 14.8. The van der Waals surface area contributed by atoms with Crippen molar-refractivity contribution in [2.24, 2.45) is 11.8 Å². The molecule has 0 unspecified atom stereocenters. The van der Waals surface area contributed by atoms with E-state index in [0.29, 0.717) is 0 Å². The molecule has 0 atom stereocenters. The third-order valence-electron chi connectivity index (χ3n) is 5.55. The molecule has 2 aliphatic rings. The molecule has 2 fully saturated rings. The Bertz CT molecular complexity index is 686. The Morgan fingerprint density at radius 1 is 0.967 bits per heavy atom. The average molecular weight is 419 g/mol. The second-order valence-corrected chi connectivity index (χ2v) is 7.39. The summed E-state index contributed by atoms with van der Waals surface area (Å²) in [5.74, 6) is 2.57. The van der Waals surface area contributed by atoms with Gasteiger partial charge in [-0.1, -0.05) is 53.6 Å². The van der Waals surface area contributed by atoms with E-state index < -0.39 is 0 Å². The van der Waals surface area contributed by atoms with E-state index in [9.17, 15) is 0 Å². The smallest absolute Gasteiger partial charge is 0.174 e. The molecule has 0 amide bonds. The SMILES string of the molecule is CC.CC.CC.CCc1c(OCC2CC2)ccc2c(CCC3CCNCC3)noc12. The fourth-order valence-electron chi connectivity index (χ4n) is 3.74. The van der Waals surface area contributed by atoms with Gasteiger partial charge in [0, 0.05) is 10.9 Å². The van der Waals surface area contributed by atoms with Gasteiger partial charge in [-0.25, -0.2) is 0 Å². The standard InChI is InChI=1S/C20H28N2O2.3C2H6/c1-2-16-19(23-13-15-3-4-15)8-6-17-18(22-24-20(16)17)7-5-14-9-11-21-12-10-14;3*1-2/h6,8,14-15,21H,2-5,7,9-13H2,1H3;3*1-2H3. The largest absolute Gasteiger partial charge is 0.493 e. The lowest BCUT2D eigenvalue weighted by Gasteiger charge is -2.21. The zero-order chi connectivity index (χ0) is 22.4. The molecule has 2 heterocycles. The summed E-state index contributed by atoms with van der Waals surface area (Å²) in [6.45, 7) is 17.3. The molecular weight excluding hydrogens is 372 g/mol. The molecule has 1 N–H and O–H groups in total. The van der Waals surface area contributed by atoms with E-state index in [-0.39, 0.29) is 0 Å². The summed E-state index contributed by atoms with van der Waals surface area (Å²) in [6.07, 6.45) is 8.35. The van der Waals surface area contributed by atoms with E-state index >= 15 is 0 Å². The molecule has 0 bridgehead atoms. The summed E-state index contributed by atoms with van der Waals surface area (Å²) in [5.41, 5.74) is 3.23. The Morgan fingerprint density at radius 3 is 2.23 bits per heavy atom. The maximum atomic E-state index is 6.03. The molecule has 1 aromatic carbocycles. The molecule has 1 aromatic heterocycles. The molecular formula is C26H46N2O2. The van der Waals surface area contributed by atoms with E-state index in [1.165, 1.54) is 43.1 Å². The van der Waals surface area contributed by atoms with Gasteiger partial charge in [0.15, 0.2) is 5.58 Å². The minimum Gasteiger partial charge on any atom is -0.493 e. The number of nitrogens with zero attached hydrogens (tertiary/aromatic N) is 1. The molecule has 1 saturated heterocycles. The number of hydrogen-bond acceptors (Lipinski definition) is 4. The van der Waals surface area contributed by atoms with Gasteiger partial charge < -0.3 is 14.6 Å². The van der Waals surface area contributed by atoms with E-state index in [2.05, 4.69) is 29.5 Å². The number of benzene rings is 1. The van der Waals surface area contributed by atoms with Crippen LogP contribution in [-0.4, -0.2) is 24.9 Å². The summed E-state index contributed by atoms with van der Waals surface area (Å²) < 4.78 is 11.8. The number of fused-ring (bicyclic) bond motifs is 1. The van der Waals surface area contributed by atoms with Crippen LogP contribution in [0.15, 0.2) is 16.7 Å². The minimum atomic E-state index is 0.765. The van der Waals surface area contributed by atoms with Crippen molar-refractivity contribution in [2.75, 3.05) is 19.7 Å². The van der Waals surface area contributed by atoms with Crippen molar-refractivity contribution in [3.05, 3.63) is 23.4 Å². The number of hydrogen-bond donors (Lipinski definition) is 1. The van der Waals surface area contributed by atoms with Crippen molar-refractivity contribution in [3.63, 3.8) is 0 Å². The fourth-order valence-corrected chi connectivity index (χ4v) is 3.74. The molecule has 1 aliphatic carbocycles. The third kappa shape index (κ3) is 7.61. The van der Waals surface area contributed by atoms with Crippen LogP contribution in [0.4, 0.5) is 0 Å². The molecule has 4 nitrogen and oxygen atoms in total. The van der Waals surface area contributed by atoms with Gasteiger partial charge in [0.05, 0.1) is 12.3 Å². The molecule has 0 spiro atoms. The highest BCUT2D eigenvalue weighted by molar-refractivity contribution is 5.84. The van der Waals surface area contributed by atoms with Gasteiger partial charge in [0.1, 0.15) is 5.75 Å². The monoisotopic (exact) mass is 418 g/mol. The zero-order valence-electron chi connectivity index (χ0n) is 20.6. The van der Waals surface area contributed by atoms with Crippen molar-refractivity contribution in [1.29, 1.82) is 0 Å². The second-order valence-electron chi connectivity index (χ2n) is 7.39. The van der Waals surface area contributed by atoms with Gasteiger partial charge in [-0.05, 0) is 82.0 Å². The highest BCUT2D eigenvalue weighted by Crippen LogP contribution is 2.34. The second kappa shape index (κ2) is 15.3. The zero-order valence-corrected chi connectivity index (χ0v) is 20.6. The predicted octanol–water partition coefficient (Wildman–Crippen LogP) is 7.19. The summed E-state index contributed by atoms with van der Waals surface area (Å²) in [4.78, 5) is 0. The van der Waals surface area contributed by atoms with Crippen molar-refractivity contribution < 1.29 is 9.26 Å². The summed E-state index contributed by atoms with van der Waals surface area (Å²) in [5, 5.41) is 9.01. The quantitative estimate of drug-likeness (QED) is 0.517. The summed E-state index contributed by atoms with van der Waals surface area (Å²) >= 11 is 0. The normalized spacial score (nSPS) is 15.8. The van der Waals surface area contributed by atoms with Crippen LogP contribution in [0.1, 0.15) is 91.8 Å². The lowest BCUT2D eigenvalue weighted by atomic mass is 9.92. The lowest BCUT2D eigenvalue weighted by molar-refractivity contribution is 0.296. The molecule has 1 saturated carbocycles. The van der Waals surface area contributed by atoms with Gasteiger partial charge in [0.2, 0.25) is 0 Å². The van der Waals surface area contributed by atoms with Crippen LogP contribution in [0.3, 0.4) is 0 Å². The highest BCUT2D eigenvalue weighted by Gasteiger charge is 2.23. The van der Waals surface area contributed by atoms with Crippen LogP contribution in [-0.2, 0) is 12.8 Å². The number of piperidine rings is 1. The van der Waals surface area contributed by atoms with E-state index in [1.807, 2.05) is 41.5 Å². The Morgan fingerprint density at radius 2 is 1.63 bits per heavy atom. The third-order valence-corrected chi connectivity index (χ3v) is 5.55. The summed E-state index contributed by atoms with van der Waals surface area (Å²) in [6, 6.07) is 4.26. The van der Waals surface area contributed by atoms with Crippen molar-refractivity contribution in [2.45, 2.75) is 93.4 Å². The maximum Gasteiger partial charge on any atom is 0.174 e. The van der Waals surface area contributed by atoms with Crippen molar-refractivity contribution in [3.8, 4) is 5.75 Å². The van der Waals surface area contributed by atoms with Crippen LogP contribution in [0.2, 0.25) is 0 Å². The van der Waals surface area contributed by atoms with Gasteiger partial charge in [-0.15, -0.1) is 0 Å². The fraction of sp³-hybridized carbons (Fsp3) is 0.731. The maximum absolute atomic E-state index is 6.03. The molecule has 1 aliphatic heterocycles. The molecule has 2 aromatic rings. The number of aryl methyl sites for hydroxylation is 2. The Hall–Kier alpha value is -1.55. The number of nitrogens with one attached hydrogen (secondary N) is 1. The predicted molar refractivity (Wildman–Crippen MR) is 130 cm³/mol. The Labute approximate surface area is 185 Å². The van der Waals surface area contributed by atoms with Gasteiger partial charge in [-0.3, -0.25) is 0 Å². The first-order valence-electron chi connectivity index (χ1n) is 12.6. The number of rotatable bonds is 7. The van der Waals surface area contributed by atoms with E-state index in [0.717, 1.165) is 61.4 Å². The number of ether oxygens (including phenoxy) is 1. The lowest BCUT2D eigenvalue weighted by Crippen LogP contribution is -2.27. The first kappa shape index (κ1) is 26.5. The van der Waals surface area contributed by atoms with Gasteiger partial charge >= 0.3 is 0 Å². The van der Waals surface area contributed by atoms with Crippen molar-refractivity contribution >= 4 is 11.0 Å². The Kier molecular flexibility index (Phi) is 13.5. The Balaban J connectivity index is 0.000000691. The minimum absolute atomic E-state index is 0.765. The van der Waals surface area contributed by atoms with Crippen LogP contribution in [0.5, 0.6) is 5.75 Å². The van der Waals surface area contributed by atoms with Crippen LogP contribution in [0.25, 0.3) is 11.0 Å². The molecule has 4 rings (SSSR count). The van der Waals surface area contributed by atoms with E-state index in [1.54, 1.807) is 0 Å². The number of aromatic nitrogens is 1. The summed E-state index contributed by atoms with van der Waals surface area (Å²) in [7, 11) is 0. The van der Waals surface area contributed by atoms with Gasteiger partial charge in [0.25, 0.3) is 0 Å². The topological polar surface area (TPSA) is 47.3 Å². The van der Waals surface area contributed by atoms with Crippen LogP contribution in [0, 0.1) is 11.8 Å².